The maximum absolute atomic E-state index is 13.5. The maximum atomic E-state index is 13.5. The standard InChI is InChI=1S/C21H22F3N3O2S2/c1-10-7-6-8-15(11(10)2)27-19(29)16-12(3)13(4)30-18(16)26-20(27)31-14(5)17(28)25-9-21(22,23)24/h6-8,14H,9H2,1-5H3,(H,25,28). The third-order valence-electron chi connectivity index (χ3n) is 5.10. The van der Waals surface area contributed by atoms with Gasteiger partial charge in [0.2, 0.25) is 5.91 Å². The number of fused-ring (bicyclic) bond motifs is 1. The second-order valence-electron chi connectivity index (χ2n) is 7.31. The molecule has 0 saturated heterocycles. The third kappa shape index (κ3) is 4.79. The van der Waals surface area contributed by atoms with Crippen LogP contribution in [0.3, 0.4) is 0 Å². The fourth-order valence-electron chi connectivity index (χ4n) is 3.09. The Hall–Kier alpha value is -2.33. The van der Waals surface area contributed by atoms with Crippen molar-refractivity contribution < 1.29 is 18.0 Å². The van der Waals surface area contributed by atoms with Crippen molar-refractivity contribution in [2.75, 3.05) is 6.54 Å². The molecule has 2 aromatic heterocycles. The maximum Gasteiger partial charge on any atom is 0.405 e. The first-order chi connectivity index (χ1) is 14.4. The van der Waals surface area contributed by atoms with Gasteiger partial charge in [-0.25, -0.2) is 4.98 Å². The van der Waals surface area contributed by atoms with E-state index in [0.717, 1.165) is 33.3 Å². The molecule has 0 spiro atoms. The van der Waals surface area contributed by atoms with Gasteiger partial charge in [0.1, 0.15) is 11.4 Å². The summed E-state index contributed by atoms with van der Waals surface area (Å²) in [6.45, 7) is 7.67. The van der Waals surface area contributed by atoms with Crippen molar-refractivity contribution in [3.63, 3.8) is 0 Å². The first-order valence-corrected chi connectivity index (χ1v) is 11.2. The highest BCUT2D eigenvalue weighted by atomic mass is 32.2. The molecule has 3 rings (SSSR count). The Morgan fingerprint density at radius 3 is 2.55 bits per heavy atom. The molecule has 0 saturated carbocycles. The van der Waals surface area contributed by atoms with Crippen LogP contribution in [0.1, 0.15) is 28.5 Å². The van der Waals surface area contributed by atoms with Crippen LogP contribution in [0.5, 0.6) is 0 Å². The number of carbonyl (C=O) groups is 1. The minimum absolute atomic E-state index is 0.258. The minimum Gasteiger partial charge on any atom is -0.346 e. The number of nitrogens with zero attached hydrogens (tertiary/aromatic N) is 2. The number of hydrogen-bond donors (Lipinski definition) is 1. The molecule has 0 aliphatic rings. The van der Waals surface area contributed by atoms with E-state index in [1.54, 1.807) is 6.07 Å². The van der Waals surface area contributed by atoms with E-state index in [4.69, 9.17) is 0 Å². The molecule has 1 atom stereocenters. The molecule has 166 valence electrons. The van der Waals surface area contributed by atoms with Gasteiger partial charge >= 0.3 is 6.18 Å². The lowest BCUT2D eigenvalue weighted by Gasteiger charge is -2.18. The number of hydrogen-bond acceptors (Lipinski definition) is 5. The van der Waals surface area contributed by atoms with E-state index < -0.39 is 23.9 Å². The highest BCUT2D eigenvalue weighted by molar-refractivity contribution is 8.00. The highest BCUT2D eigenvalue weighted by Gasteiger charge is 2.29. The Morgan fingerprint density at radius 1 is 1.23 bits per heavy atom. The van der Waals surface area contributed by atoms with Gasteiger partial charge in [-0.3, -0.25) is 14.2 Å². The fourth-order valence-corrected chi connectivity index (χ4v) is 5.10. The second kappa shape index (κ2) is 8.66. The summed E-state index contributed by atoms with van der Waals surface area (Å²) in [5, 5.41) is 1.79. The topological polar surface area (TPSA) is 64.0 Å². The lowest BCUT2D eigenvalue weighted by atomic mass is 10.1. The van der Waals surface area contributed by atoms with Crippen LogP contribution in [0.4, 0.5) is 13.2 Å². The van der Waals surface area contributed by atoms with Gasteiger partial charge in [0, 0.05) is 4.88 Å². The van der Waals surface area contributed by atoms with E-state index in [-0.39, 0.29) is 10.7 Å². The summed E-state index contributed by atoms with van der Waals surface area (Å²) in [5.74, 6) is -0.775. The van der Waals surface area contributed by atoms with Crippen molar-refractivity contribution in [1.82, 2.24) is 14.9 Å². The summed E-state index contributed by atoms with van der Waals surface area (Å²) in [6, 6.07) is 5.55. The van der Waals surface area contributed by atoms with E-state index in [9.17, 15) is 22.8 Å². The van der Waals surface area contributed by atoms with Gasteiger partial charge in [0.25, 0.3) is 5.56 Å². The van der Waals surface area contributed by atoms with Crippen LogP contribution >= 0.6 is 23.1 Å². The molecule has 0 fully saturated rings. The SMILES string of the molecule is Cc1cccc(-n2c(SC(C)C(=O)NCC(F)(F)F)nc3sc(C)c(C)c3c2=O)c1C. The van der Waals surface area contributed by atoms with Crippen molar-refractivity contribution >= 4 is 39.2 Å². The van der Waals surface area contributed by atoms with Crippen molar-refractivity contribution in [2.24, 2.45) is 0 Å². The number of aromatic nitrogens is 2. The summed E-state index contributed by atoms with van der Waals surface area (Å²) in [4.78, 5) is 31.9. The zero-order valence-corrected chi connectivity index (χ0v) is 19.3. The smallest absolute Gasteiger partial charge is 0.346 e. The Labute approximate surface area is 185 Å². The molecule has 0 aliphatic carbocycles. The Kier molecular flexibility index (Phi) is 6.52. The summed E-state index contributed by atoms with van der Waals surface area (Å²) >= 11 is 2.34. The fraction of sp³-hybridized carbons (Fsp3) is 0.381. The Balaban J connectivity index is 2.13. The monoisotopic (exact) mass is 469 g/mol. The largest absolute Gasteiger partial charge is 0.405 e. The molecule has 2 heterocycles. The Morgan fingerprint density at radius 2 is 1.90 bits per heavy atom. The molecule has 1 N–H and O–H groups in total. The van der Waals surface area contributed by atoms with Crippen LogP contribution in [0.2, 0.25) is 0 Å². The average Bonchev–Trinajstić information content (AvgIpc) is 2.96. The minimum atomic E-state index is -4.50. The van der Waals surface area contributed by atoms with Gasteiger partial charge in [0.15, 0.2) is 5.16 Å². The predicted octanol–water partition coefficient (Wildman–Crippen LogP) is 4.84. The molecule has 0 radical (unpaired) electrons. The second-order valence-corrected chi connectivity index (χ2v) is 9.82. The number of amides is 1. The zero-order valence-electron chi connectivity index (χ0n) is 17.7. The van der Waals surface area contributed by atoms with Crippen molar-refractivity contribution in [1.29, 1.82) is 0 Å². The number of alkyl halides is 3. The van der Waals surface area contributed by atoms with Crippen LogP contribution in [-0.2, 0) is 4.79 Å². The van der Waals surface area contributed by atoms with Crippen LogP contribution in [0.15, 0.2) is 28.2 Å². The molecule has 1 unspecified atom stereocenters. The van der Waals surface area contributed by atoms with E-state index in [2.05, 4.69) is 4.98 Å². The van der Waals surface area contributed by atoms with Gasteiger partial charge in [0.05, 0.1) is 16.3 Å². The lowest BCUT2D eigenvalue weighted by molar-refractivity contribution is -0.137. The van der Waals surface area contributed by atoms with Crippen LogP contribution in [0.25, 0.3) is 15.9 Å². The van der Waals surface area contributed by atoms with Gasteiger partial charge in [-0.2, -0.15) is 13.2 Å². The van der Waals surface area contributed by atoms with Gasteiger partial charge in [-0.05, 0) is 57.4 Å². The normalized spacial score (nSPS) is 12.9. The molecule has 31 heavy (non-hydrogen) atoms. The Bertz CT molecular complexity index is 1220. The third-order valence-corrected chi connectivity index (χ3v) is 7.26. The zero-order chi connectivity index (χ0) is 23.1. The number of halogens is 3. The number of carbonyl (C=O) groups excluding carboxylic acids is 1. The number of rotatable bonds is 5. The van der Waals surface area contributed by atoms with Crippen molar-refractivity contribution in [3.8, 4) is 5.69 Å². The molecule has 10 heteroatoms. The predicted molar refractivity (Wildman–Crippen MR) is 119 cm³/mol. The van der Waals surface area contributed by atoms with Gasteiger partial charge in [-0.1, -0.05) is 23.9 Å². The number of nitrogens with one attached hydrogen (secondary N) is 1. The molecule has 3 aromatic rings. The molecule has 1 aromatic carbocycles. The van der Waals surface area contributed by atoms with E-state index in [1.165, 1.54) is 22.8 Å². The number of thioether (sulfide) groups is 1. The lowest BCUT2D eigenvalue weighted by Crippen LogP contribution is -2.38. The van der Waals surface area contributed by atoms with Gasteiger partial charge in [-0.15, -0.1) is 11.3 Å². The molecule has 1 amide bonds. The summed E-state index contributed by atoms with van der Waals surface area (Å²) in [7, 11) is 0. The summed E-state index contributed by atoms with van der Waals surface area (Å²) < 4.78 is 38.9. The van der Waals surface area contributed by atoms with Crippen molar-refractivity contribution in [2.45, 2.75) is 51.2 Å². The van der Waals surface area contributed by atoms with Crippen LogP contribution in [-0.4, -0.2) is 33.4 Å². The first kappa shape index (κ1) is 23.3. The molecule has 5 nitrogen and oxygen atoms in total. The number of benzene rings is 1. The van der Waals surface area contributed by atoms with E-state index in [1.807, 2.05) is 45.1 Å². The quantitative estimate of drug-likeness (QED) is 0.429. The molecular formula is C21H22F3N3O2S2. The molecule has 0 bridgehead atoms. The first-order valence-electron chi connectivity index (χ1n) is 9.51. The van der Waals surface area contributed by atoms with Crippen LogP contribution < -0.4 is 10.9 Å². The highest BCUT2D eigenvalue weighted by Crippen LogP contribution is 2.32. The van der Waals surface area contributed by atoms with Gasteiger partial charge < -0.3 is 5.32 Å². The van der Waals surface area contributed by atoms with Crippen LogP contribution in [0, 0.1) is 27.7 Å². The molecule has 0 aliphatic heterocycles. The summed E-state index contributed by atoms with van der Waals surface area (Å²) in [5.41, 5.74) is 3.09. The number of aryl methyl sites for hydroxylation is 3. The van der Waals surface area contributed by atoms with Crippen molar-refractivity contribution in [3.05, 3.63) is 50.1 Å². The van der Waals surface area contributed by atoms with E-state index >= 15 is 0 Å². The number of thiophene rings is 1. The average molecular weight is 470 g/mol. The van der Waals surface area contributed by atoms with E-state index in [0.29, 0.717) is 15.9 Å². The molecular weight excluding hydrogens is 447 g/mol. The summed E-state index contributed by atoms with van der Waals surface area (Å²) in [6.07, 6.45) is -4.50.